The van der Waals surface area contributed by atoms with E-state index in [4.69, 9.17) is 9.47 Å². The largest absolute Gasteiger partial charge is 0.342 e. The molecule has 16 heavy (non-hydrogen) atoms. The molecule has 88 valence electrons. The van der Waals surface area contributed by atoms with Crippen LogP contribution in [0.25, 0.3) is 0 Å². The van der Waals surface area contributed by atoms with Gasteiger partial charge in [0.2, 0.25) is 5.79 Å². The van der Waals surface area contributed by atoms with E-state index in [9.17, 15) is 8.42 Å². The summed E-state index contributed by atoms with van der Waals surface area (Å²) in [7, 11) is -3.38. The maximum absolute atomic E-state index is 11.8. The van der Waals surface area contributed by atoms with Crippen LogP contribution in [0.4, 0.5) is 0 Å². The first kappa shape index (κ1) is 10.7. The van der Waals surface area contributed by atoms with Gasteiger partial charge in [-0.3, -0.25) is 0 Å². The van der Waals surface area contributed by atoms with Crippen molar-refractivity contribution < 1.29 is 17.9 Å². The number of fused-ring (bicyclic) bond motifs is 2. The Balaban J connectivity index is 2.22. The number of aryl methyl sites for hydroxylation is 1. The molecule has 1 aromatic rings. The van der Waals surface area contributed by atoms with Gasteiger partial charge in [0.05, 0.1) is 19.8 Å². The predicted octanol–water partition coefficient (Wildman–Crippen LogP) is 0.548. The number of ether oxygens (including phenoxy) is 2. The maximum atomic E-state index is 11.8. The van der Waals surface area contributed by atoms with Crippen molar-refractivity contribution >= 4 is 21.4 Å². The Kier molecular flexibility index (Phi) is 2.18. The summed E-state index contributed by atoms with van der Waals surface area (Å²) < 4.78 is 37.6. The Hall–Kier alpha value is -0.470. The molecule has 0 radical (unpaired) electrons. The standard InChI is InChI=1S/C9H11NO4S2/c1-6-4-7-8(15-6)16(11,12)10-5-9(7)13-2-3-14-9/h4,10H,2-3,5H2,1H3. The molecule has 1 aromatic heterocycles. The monoisotopic (exact) mass is 261 g/mol. The molecule has 0 atom stereocenters. The highest BCUT2D eigenvalue weighted by Crippen LogP contribution is 2.42. The van der Waals surface area contributed by atoms with Gasteiger partial charge in [0.1, 0.15) is 4.21 Å². The zero-order chi connectivity index (χ0) is 11.4. The summed E-state index contributed by atoms with van der Waals surface area (Å²) in [6.07, 6.45) is 0. The molecule has 1 fully saturated rings. The van der Waals surface area contributed by atoms with Gasteiger partial charge < -0.3 is 9.47 Å². The summed E-state index contributed by atoms with van der Waals surface area (Å²) in [6.45, 7) is 3.02. The van der Waals surface area contributed by atoms with Gasteiger partial charge in [-0.2, -0.15) is 0 Å². The van der Waals surface area contributed by atoms with Gasteiger partial charge in [0.15, 0.2) is 0 Å². The zero-order valence-corrected chi connectivity index (χ0v) is 10.3. The SMILES string of the molecule is Cc1cc2c(s1)S(=O)(=O)NCC21OCCO1. The van der Waals surface area contributed by atoms with Crippen molar-refractivity contribution in [2.45, 2.75) is 16.9 Å². The fourth-order valence-electron chi connectivity index (χ4n) is 2.02. The van der Waals surface area contributed by atoms with E-state index in [0.29, 0.717) is 23.0 Å². The molecule has 2 aliphatic rings. The van der Waals surface area contributed by atoms with Crippen LogP contribution < -0.4 is 4.72 Å². The van der Waals surface area contributed by atoms with E-state index in [1.807, 2.05) is 13.0 Å². The first-order chi connectivity index (χ1) is 7.54. The third-order valence-electron chi connectivity index (χ3n) is 2.72. The van der Waals surface area contributed by atoms with E-state index in [1.54, 1.807) is 0 Å². The van der Waals surface area contributed by atoms with Gasteiger partial charge in [-0.15, -0.1) is 11.3 Å². The molecule has 0 unspecified atom stereocenters. The summed E-state index contributed by atoms with van der Waals surface area (Å²) in [5.74, 6) is -0.897. The van der Waals surface area contributed by atoms with Crippen molar-refractivity contribution in [1.82, 2.24) is 4.72 Å². The van der Waals surface area contributed by atoms with Crippen LogP contribution in [0, 0.1) is 6.92 Å². The lowest BCUT2D eigenvalue weighted by Crippen LogP contribution is -2.46. The van der Waals surface area contributed by atoms with Crippen LogP contribution >= 0.6 is 11.3 Å². The van der Waals surface area contributed by atoms with E-state index >= 15 is 0 Å². The highest BCUT2D eigenvalue weighted by Gasteiger charge is 2.47. The minimum absolute atomic E-state index is 0.151. The molecule has 3 heterocycles. The van der Waals surface area contributed by atoms with Gasteiger partial charge in [-0.1, -0.05) is 0 Å². The van der Waals surface area contributed by atoms with Crippen molar-refractivity contribution in [3.8, 4) is 0 Å². The molecule has 1 saturated heterocycles. The number of hydrogen-bond donors (Lipinski definition) is 1. The maximum Gasteiger partial charge on any atom is 0.250 e. The average molecular weight is 261 g/mol. The molecular weight excluding hydrogens is 250 g/mol. The highest BCUT2D eigenvalue weighted by atomic mass is 32.2. The van der Waals surface area contributed by atoms with Crippen molar-refractivity contribution in [3.05, 3.63) is 16.5 Å². The molecule has 0 saturated carbocycles. The number of hydrogen-bond acceptors (Lipinski definition) is 5. The smallest absolute Gasteiger partial charge is 0.250 e. The summed E-state index contributed by atoms with van der Waals surface area (Å²) in [5.41, 5.74) is 0.645. The van der Waals surface area contributed by atoms with Crippen LogP contribution in [-0.2, 0) is 25.3 Å². The normalized spacial score (nSPS) is 25.8. The third kappa shape index (κ3) is 1.36. The van der Waals surface area contributed by atoms with Gasteiger partial charge in [0.25, 0.3) is 10.0 Å². The van der Waals surface area contributed by atoms with E-state index in [-0.39, 0.29) is 6.54 Å². The van der Waals surface area contributed by atoms with Crippen LogP contribution in [0.1, 0.15) is 10.4 Å². The topological polar surface area (TPSA) is 64.6 Å². The van der Waals surface area contributed by atoms with Crippen molar-refractivity contribution in [2.24, 2.45) is 0 Å². The Labute approximate surface area is 97.4 Å². The van der Waals surface area contributed by atoms with Crippen LogP contribution in [0.3, 0.4) is 0 Å². The summed E-state index contributed by atoms with van der Waals surface area (Å²) in [6, 6.07) is 1.84. The van der Waals surface area contributed by atoms with Crippen LogP contribution in [-0.4, -0.2) is 28.2 Å². The van der Waals surface area contributed by atoms with E-state index < -0.39 is 15.8 Å². The lowest BCUT2D eigenvalue weighted by Gasteiger charge is -2.31. The molecule has 0 amide bonds. The van der Waals surface area contributed by atoms with Crippen molar-refractivity contribution in [1.29, 1.82) is 0 Å². The van der Waals surface area contributed by atoms with Crippen LogP contribution in [0.2, 0.25) is 0 Å². The molecule has 0 bridgehead atoms. The van der Waals surface area contributed by atoms with E-state index in [0.717, 1.165) is 4.88 Å². The second-order valence-electron chi connectivity index (χ2n) is 3.83. The van der Waals surface area contributed by atoms with Gasteiger partial charge in [0, 0.05) is 10.4 Å². The molecule has 3 rings (SSSR count). The second-order valence-corrected chi connectivity index (χ2v) is 7.05. The summed E-state index contributed by atoms with van der Waals surface area (Å²) in [5, 5.41) is 0. The molecule has 0 aliphatic carbocycles. The van der Waals surface area contributed by atoms with Gasteiger partial charge in [-0.05, 0) is 13.0 Å². The fraction of sp³-hybridized carbons (Fsp3) is 0.556. The molecule has 1 spiro atoms. The lowest BCUT2D eigenvalue weighted by molar-refractivity contribution is -0.162. The first-order valence-electron chi connectivity index (χ1n) is 4.92. The Bertz CT molecular complexity index is 528. The van der Waals surface area contributed by atoms with Crippen molar-refractivity contribution in [3.63, 3.8) is 0 Å². The second kappa shape index (κ2) is 3.27. The molecule has 0 aromatic carbocycles. The number of sulfonamides is 1. The minimum atomic E-state index is -3.38. The van der Waals surface area contributed by atoms with Crippen LogP contribution in [0.15, 0.2) is 10.3 Å². The number of thiophene rings is 1. The Morgan fingerprint density at radius 1 is 1.44 bits per heavy atom. The lowest BCUT2D eigenvalue weighted by atomic mass is 10.1. The highest BCUT2D eigenvalue weighted by molar-refractivity contribution is 7.91. The van der Waals surface area contributed by atoms with Crippen molar-refractivity contribution in [2.75, 3.05) is 19.8 Å². The summed E-state index contributed by atoms with van der Waals surface area (Å²) >= 11 is 1.25. The molecule has 2 aliphatic heterocycles. The number of nitrogens with one attached hydrogen (secondary N) is 1. The van der Waals surface area contributed by atoms with E-state index in [2.05, 4.69) is 4.72 Å². The average Bonchev–Trinajstić information content (AvgIpc) is 2.81. The summed E-state index contributed by atoms with van der Waals surface area (Å²) in [4.78, 5) is 0.941. The minimum Gasteiger partial charge on any atom is -0.342 e. The number of rotatable bonds is 0. The predicted molar refractivity (Wildman–Crippen MR) is 57.8 cm³/mol. The Morgan fingerprint density at radius 2 is 2.12 bits per heavy atom. The molecule has 5 nitrogen and oxygen atoms in total. The molecular formula is C9H11NO4S2. The quantitative estimate of drug-likeness (QED) is 0.740. The molecule has 1 N–H and O–H groups in total. The van der Waals surface area contributed by atoms with Gasteiger partial charge in [-0.25, -0.2) is 13.1 Å². The van der Waals surface area contributed by atoms with Crippen LogP contribution in [0.5, 0.6) is 0 Å². The molecule has 7 heteroatoms. The van der Waals surface area contributed by atoms with E-state index in [1.165, 1.54) is 11.3 Å². The third-order valence-corrected chi connectivity index (χ3v) is 5.71. The van der Waals surface area contributed by atoms with Gasteiger partial charge >= 0.3 is 0 Å². The Morgan fingerprint density at radius 3 is 2.81 bits per heavy atom. The fourth-order valence-corrected chi connectivity index (χ4v) is 4.84. The first-order valence-corrected chi connectivity index (χ1v) is 7.22. The zero-order valence-electron chi connectivity index (χ0n) is 8.65.